The van der Waals surface area contributed by atoms with E-state index in [0.717, 1.165) is 33.0 Å². The molecule has 0 heterocycles. The summed E-state index contributed by atoms with van der Waals surface area (Å²) in [6, 6.07) is 18.1. The summed E-state index contributed by atoms with van der Waals surface area (Å²) in [5.41, 5.74) is 3.78. The highest BCUT2D eigenvalue weighted by molar-refractivity contribution is 7.92. The number of carbonyl (C=O) groups excluding carboxylic acids is 2. The van der Waals surface area contributed by atoms with E-state index < -0.39 is 28.5 Å². The summed E-state index contributed by atoms with van der Waals surface area (Å²) in [6.45, 7) is 9.34. The normalized spacial score (nSPS) is 12.1. The second-order valence-corrected chi connectivity index (χ2v) is 11.9. The third kappa shape index (κ3) is 7.40. The zero-order chi connectivity index (χ0) is 28.7. The molecule has 1 atom stereocenters. The molecule has 3 rings (SSSR count). The van der Waals surface area contributed by atoms with Gasteiger partial charge in [0, 0.05) is 18.1 Å². The zero-order valence-corrected chi connectivity index (χ0v) is 24.6. The van der Waals surface area contributed by atoms with Crippen molar-refractivity contribution in [2.24, 2.45) is 0 Å². The standard InChI is InChI=1S/C30H36ClN3O4S/c1-6-17-32-30(36)24(5)33(19-25-10-8-7-9-22(25)3)29(35)20-34(26-14-13-23(4)28(31)18-26)39(37,38)27-15-11-21(2)12-16-27/h7-16,18,24H,6,17,19-20H2,1-5H3,(H,32,36)/t24-/m0/s1. The molecule has 0 saturated carbocycles. The first kappa shape index (κ1) is 30.2. The number of hydrogen-bond acceptors (Lipinski definition) is 4. The van der Waals surface area contributed by atoms with Gasteiger partial charge in [-0.1, -0.05) is 66.6 Å². The van der Waals surface area contributed by atoms with Crippen molar-refractivity contribution in [3.05, 3.63) is 94.0 Å². The van der Waals surface area contributed by atoms with Crippen LogP contribution in [0.15, 0.2) is 71.6 Å². The Bertz CT molecular complexity index is 1420. The van der Waals surface area contributed by atoms with Gasteiger partial charge in [0.25, 0.3) is 10.0 Å². The van der Waals surface area contributed by atoms with E-state index in [1.807, 2.05) is 52.0 Å². The highest BCUT2D eigenvalue weighted by Gasteiger charge is 2.32. The number of amides is 2. The minimum atomic E-state index is -4.14. The lowest BCUT2D eigenvalue weighted by Gasteiger charge is -2.32. The predicted octanol–water partition coefficient (Wildman–Crippen LogP) is 5.40. The maximum atomic E-state index is 14.0. The molecule has 0 unspecified atom stereocenters. The Balaban J connectivity index is 2.05. The number of benzene rings is 3. The average Bonchev–Trinajstić information content (AvgIpc) is 2.91. The van der Waals surface area contributed by atoms with Crippen LogP contribution in [0.2, 0.25) is 5.02 Å². The summed E-state index contributed by atoms with van der Waals surface area (Å²) >= 11 is 6.37. The van der Waals surface area contributed by atoms with E-state index in [2.05, 4.69) is 5.32 Å². The Morgan fingerprint density at radius 1 is 0.949 bits per heavy atom. The molecule has 0 aliphatic heterocycles. The van der Waals surface area contributed by atoms with Crippen molar-refractivity contribution in [3.63, 3.8) is 0 Å². The molecule has 2 amide bonds. The van der Waals surface area contributed by atoms with Gasteiger partial charge in [0.1, 0.15) is 12.6 Å². The lowest BCUT2D eigenvalue weighted by molar-refractivity contribution is -0.139. The van der Waals surface area contributed by atoms with Crippen LogP contribution in [0.1, 0.15) is 42.5 Å². The van der Waals surface area contributed by atoms with Gasteiger partial charge in [0.2, 0.25) is 11.8 Å². The zero-order valence-electron chi connectivity index (χ0n) is 23.1. The topological polar surface area (TPSA) is 86.8 Å². The molecule has 1 N–H and O–H groups in total. The molecular formula is C30H36ClN3O4S. The minimum absolute atomic E-state index is 0.0526. The lowest BCUT2D eigenvalue weighted by atomic mass is 10.1. The van der Waals surface area contributed by atoms with Gasteiger partial charge in [0.05, 0.1) is 10.6 Å². The van der Waals surface area contributed by atoms with Crippen molar-refractivity contribution in [3.8, 4) is 0 Å². The number of sulfonamides is 1. The molecule has 0 saturated heterocycles. The van der Waals surface area contributed by atoms with E-state index in [4.69, 9.17) is 11.6 Å². The number of hydrogen-bond donors (Lipinski definition) is 1. The fourth-order valence-corrected chi connectivity index (χ4v) is 5.63. The number of aryl methyl sites for hydroxylation is 3. The number of carbonyl (C=O) groups is 2. The third-order valence-corrected chi connectivity index (χ3v) is 8.84. The smallest absolute Gasteiger partial charge is 0.264 e. The van der Waals surface area contributed by atoms with Gasteiger partial charge in [-0.3, -0.25) is 13.9 Å². The van der Waals surface area contributed by atoms with Crippen molar-refractivity contribution < 1.29 is 18.0 Å². The first-order chi connectivity index (χ1) is 18.4. The van der Waals surface area contributed by atoms with Crippen molar-refractivity contribution in [1.82, 2.24) is 10.2 Å². The number of nitrogens with zero attached hydrogens (tertiary/aromatic N) is 2. The maximum absolute atomic E-state index is 14.0. The molecular weight excluding hydrogens is 534 g/mol. The fraction of sp³-hybridized carbons (Fsp3) is 0.333. The number of nitrogens with one attached hydrogen (secondary N) is 1. The van der Waals surface area contributed by atoms with Crippen LogP contribution in [0.5, 0.6) is 0 Å². The molecule has 0 spiro atoms. The van der Waals surface area contributed by atoms with E-state index in [1.165, 1.54) is 17.0 Å². The van der Waals surface area contributed by atoms with Crippen LogP contribution in [0, 0.1) is 20.8 Å². The summed E-state index contributed by atoms with van der Waals surface area (Å²) in [7, 11) is -4.14. The summed E-state index contributed by atoms with van der Waals surface area (Å²) in [6.07, 6.45) is 0.751. The molecule has 7 nitrogen and oxygen atoms in total. The first-order valence-corrected chi connectivity index (χ1v) is 14.7. The van der Waals surface area contributed by atoms with Crippen LogP contribution in [-0.4, -0.2) is 44.3 Å². The predicted molar refractivity (Wildman–Crippen MR) is 156 cm³/mol. The van der Waals surface area contributed by atoms with Crippen molar-refractivity contribution in [1.29, 1.82) is 0 Å². The Morgan fingerprint density at radius 2 is 1.62 bits per heavy atom. The molecule has 0 bridgehead atoms. The maximum Gasteiger partial charge on any atom is 0.264 e. The minimum Gasteiger partial charge on any atom is -0.354 e. The van der Waals surface area contributed by atoms with Gasteiger partial charge in [0.15, 0.2) is 0 Å². The van der Waals surface area contributed by atoms with E-state index in [-0.39, 0.29) is 23.0 Å². The summed E-state index contributed by atoms with van der Waals surface area (Å²) in [4.78, 5) is 28.4. The number of anilines is 1. The number of halogens is 1. The molecule has 0 aliphatic carbocycles. The van der Waals surface area contributed by atoms with Crippen LogP contribution < -0.4 is 9.62 Å². The molecule has 0 aliphatic rings. The second kappa shape index (κ2) is 13.1. The molecule has 0 aromatic heterocycles. The summed E-state index contributed by atoms with van der Waals surface area (Å²) < 4.78 is 28.8. The van der Waals surface area contributed by atoms with E-state index in [1.54, 1.807) is 37.3 Å². The fourth-order valence-electron chi connectivity index (χ4n) is 4.05. The van der Waals surface area contributed by atoms with Crippen molar-refractivity contribution >= 4 is 39.1 Å². The van der Waals surface area contributed by atoms with Crippen LogP contribution >= 0.6 is 11.6 Å². The van der Waals surface area contributed by atoms with Gasteiger partial charge in [-0.25, -0.2) is 8.42 Å². The van der Waals surface area contributed by atoms with Crippen LogP contribution in [-0.2, 0) is 26.2 Å². The Kier molecular flexibility index (Phi) is 10.2. The molecule has 3 aromatic carbocycles. The highest BCUT2D eigenvalue weighted by Crippen LogP contribution is 2.29. The molecule has 39 heavy (non-hydrogen) atoms. The summed E-state index contributed by atoms with van der Waals surface area (Å²) in [5.74, 6) is -0.810. The van der Waals surface area contributed by atoms with Crippen LogP contribution in [0.4, 0.5) is 5.69 Å². The van der Waals surface area contributed by atoms with Gasteiger partial charge in [-0.2, -0.15) is 0 Å². The average molecular weight is 570 g/mol. The molecule has 0 radical (unpaired) electrons. The molecule has 3 aromatic rings. The Labute approximate surface area is 236 Å². The SMILES string of the molecule is CCCNC(=O)[C@H](C)N(Cc1ccccc1C)C(=O)CN(c1ccc(C)c(Cl)c1)S(=O)(=O)c1ccc(C)cc1. The van der Waals surface area contributed by atoms with Crippen molar-refractivity contribution in [2.45, 2.75) is 58.5 Å². The first-order valence-electron chi connectivity index (χ1n) is 12.9. The Morgan fingerprint density at radius 3 is 2.23 bits per heavy atom. The van der Waals surface area contributed by atoms with E-state index in [9.17, 15) is 18.0 Å². The highest BCUT2D eigenvalue weighted by atomic mass is 35.5. The van der Waals surface area contributed by atoms with Crippen LogP contribution in [0.25, 0.3) is 0 Å². The van der Waals surface area contributed by atoms with Crippen molar-refractivity contribution in [2.75, 3.05) is 17.4 Å². The van der Waals surface area contributed by atoms with Gasteiger partial charge >= 0.3 is 0 Å². The lowest BCUT2D eigenvalue weighted by Crippen LogP contribution is -2.51. The molecule has 208 valence electrons. The third-order valence-electron chi connectivity index (χ3n) is 6.65. The monoisotopic (exact) mass is 569 g/mol. The van der Waals surface area contributed by atoms with Gasteiger partial charge in [-0.15, -0.1) is 0 Å². The van der Waals surface area contributed by atoms with Gasteiger partial charge < -0.3 is 10.2 Å². The second-order valence-electron chi connectivity index (χ2n) is 9.67. The summed E-state index contributed by atoms with van der Waals surface area (Å²) in [5, 5.41) is 3.23. The van der Waals surface area contributed by atoms with Gasteiger partial charge in [-0.05, 0) is 75.1 Å². The Hall–Kier alpha value is -3.36. The largest absolute Gasteiger partial charge is 0.354 e. The van der Waals surface area contributed by atoms with E-state index in [0.29, 0.717) is 11.6 Å². The quantitative estimate of drug-likeness (QED) is 0.335. The molecule has 0 fully saturated rings. The van der Waals surface area contributed by atoms with Crippen LogP contribution in [0.3, 0.4) is 0 Å². The number of rotatable bonds is 11. The van der Waals surface area contributed by atoms with E-state index >= 15 is 0 Å². The molecule has 9 heteroatoms.